The number of sulfonamides is 1. The van der Waals surface area contributed by atoms with E-state index < -0.39 is 10.0 Å². The van der Waals surface area contributed by atoms with Gasteiger partial charge in [-0.05, 0) is 29.6 Å². The van der Waals surface area contributed by atoms with Crippen LogP contribution in [0.25, 0.3) is 21.0 Å². The lowest BCUT2D eigenvalue weighted by atomic mass is 10.1. The fraction of sp³-hybridized carbons (Fsp3) is 0. The monoisotopic (exact) mass is 470 g/mol. The molecule has 9 heteroatoms. The number of thiazole rings is 1. The summed E-state index contributed by atoms with van der Waals surface area (Å²) >= 11 is 4.00. The molecule has 5 nitrogen and oxygen atoms in total. The van der Waals surface area contributed by atoms with Crippen molar-refractivity contribution in [3.05, 3.63) is 72.1 Å². The second-order valence-electron chi connectivity index (χ2n) is 6.40. The number of benzene rings is 3. The molecule has 0 saturated heterocycles. The van der Waals surface area contributed by atoms with Gasteiger partial charge in [-0.3, -0.25) is 4.72 Å². The number of nitrogens with zero attached hydrogens (tertiary/aromatic N) is 1. The molecule has 2 aromatic heterocycles. The Morgan fingerprint density at radius 3 is 2.50 bits per heavy atom. The van der Waals surface area contributed by atoms with Crippen molar-refractivity contribution in [1.29, 1.82) is 0 Å². The first kappa shape index (κ1) is 19.4. The summed E-state index contributed by atoms with van der Waals surface area (Å²) in [5, 5.41) is 13.8. The first-order valence-corrected chi connectivity index (χ1v) is 12.9. The average Bonchev–Trinajstić information content (AvgIpc) is 3.41. The molecular weight excluding hydrogens is 457 g/mol. The fourth-order valence-corrected chi connectivity index (χ4v) is 7.28. The molecule has 0 atom stereocenters. The maximum Gasteiger partial charge on any atom is 0.271 e. The number of hydrogen-bond donors (Lipinski definition) is 2. The first-order chi connectivity index (χ1) is 14.5. The molecule has 3 aromatic carbocycles. The van der Waals surface area contributed by atoms with E-state index in [4.69, 9.17) is 0 Å². The van der Waals surface area contributed by atoms with Gasteiger partial charge in [0, 0.05) is 10.8 Å². The summed E-state index contributed by atoms with van der Waals surface area (Å²) in [4.78, 5) is 5.15. The number of fused-ring (bicyclic) bond motifs is 2. The number of phenolic OH excluding ortho intramolecular Hbond substituents is 1. The first-order valence-electron chi connectivity index (χ1n) is 8.86. The van der Waals surface area contributed by atoms with E-state index in [2.05, 4.69) is 9.71 Å². The molecule has 0 saturated carbocycles. The highest BCUT2D eigenvalue weighted by molar-refractivity contribution is 8.01. The zero-order chi connectivity index (χ0) is 20.7. The Hall–Kier alpha value is -2.59. The lowest BCUT2D eigenvalue weighted by molar-refractivity contribution is 0.469. The minimum atomic E-state index is -3.72. The van der Waals surface area contributed by atoms with Crippen molar-refractivity contribution in [2.75, 3.05) is 4.72 Å². The summed E-state index contributed by atoms with van der Waals surface area (Å²) in [7, 11) is -3.72. The van der Waals surface area contributed by atoms with Crippen molar-refractivity contribution in [1.82, 2.24) is 4.98 Å². The van der Waals surface area contributed by atoms with Crippen LogP contribution in [0.3, 0.4) is 0 Å². The van der Waals surface area contributed by atoms with E-state index in [0.717, 1.165) is 25.9 Å². The normalized spacial score (nSPS) is 11.9. The van der Waals surface area contributed by atoms with Crippen LogP contribution in [0.15, 0.2) is 85.6 Å². The molecule has 0 bridgehead atoms. The topological polar surface area (TPSA) is 79.3 Å². The van der Waals surface area contributed by atoms with Gasteiger partial charge in [-0.2, -0.15) is 0 Å². The van der Waals surface area contributed by atoms with Gasteiger partial charge in [0.25, 0.3) is 10.0 Å². The van der Waals surface area contributed by atoms with Crippen LogP contribution in [0.1, 0.15) is 0 Å². The van der Waals surface area contributed by atoms with Gasteiger partial charge in [0.05, 0.1) is 20.8 Å². The SMILES string of the molecule is O=S(=O)(Nc1cc(Sc2nc3ccccc3s2)c(O)c2ccccc12)c1cccs1. The second kappa shape index (κ2) is 7.59. The Labute approximate surface area is 185 Å². The zero-order valence-electron chi connectivity index (χ0n) is 15.3. The van der Waals surface area contributed by atoms with Gasteiger partial charge in [0.2, 0.25) is 0 Å². The van der Waals surface area contributed by atoms with Gasteiger partial charge in [0.15, 0.2) is 4.34 Å². The van der Waals surface area contributed by atoms with Gasteiger partial charge in [0.1, 0.15) is 9.96 Å². The van der Waals surface area contributed by atoms with Crippen LogP contribution in [0.5, 0.6) is 5.75 Å². The van der Waals surface area contributed by atoms with Crippen molar-refractivity contribution in [2.24, 2.45) is 0 Å². The molecule has 30 heavy (non-hydrogen) atoms. The van der Waals surface area contributed by atoms with Crippen LogP contribution in [0.2, 0.25) is 0 Å². The molecule has 2 N–H and O–H groups in total. The molecule has 150 valence electrons. The van der Waals surface area contributed by atoms with Crippen molar-refractivity contribution < 1.29 is 13.5 Å². The standard InChI is InChI=1S/C21H14N2O3S4/c24-20-14-7-2-1-6-13(14)16(23-30(25,26)19-10-5-11-27-19)12-18(20)29-21-22-15-8-3-4-9-17(15)28-21/h1-12,23-24H. The molecule has 2 heterocycles. The summed E-state index contributed by atoms with van der Waals surface area (Å²) < 4.78 is 30.3. The number of rotatable bonds is 5. The molecule has 0 fully saturated rings. The molecule has 5 aromatic rings. The van der Waals surface area contributed by atoms with Crippen molar-refractivity contribution in [2.45, 2.75) is 13.4 Å². The summed E-state index contributed by atoms with van der Waals surface area (Å²) in [6.45, 7) is 0. The molecule has 5 rings (SSSR count). The van der Waals surface area contributed by atoms with Gasteiger partial charge in [-0.15, -0.1) is 22.7 Å². The molecule has 0 amide bonds. The molecule has 0 unspecified atom stereocenters. The quantitative estimate of drug-likeness (QED) is 0.300. The molecule has 0 aliphatic carbocycles. The third kappa shape index (κ3) is 3.54. The number of aromatic hydroxyl groups is 1. The summed E-state index contributed by atoms with van der Waals surface area (Å²) in [5.74, 6) is 0.105. The largest absolute Gasteiger partial charge is 0.506 e. The van der Waals surface area contributed by atoms with Crippen LogP contribution >= 0.6 is 34.4 Å². The lowest BCUT2D eigenvalue weighted by Gasteiger charge is -2.13. The maximum atomic E-state index is 12.8. The van der Waals surface area contributed by atoms with Crippen LogP contribution in [0.4, 0.5) is 5.69 Å². The summed E-state index contributed by atoms with van der Waals surface area (Å²) in [6.07, 6.45) is 0. The number of anilines is 1. The van der Waals surface area contributed by atoms with E-state index in [1.54, 1.807) is 35.7 Å². The fourth-order valence-electron chi connectivity index (χ4n) is 3.10. The number of nitrogens with one attached hydrogen (secondary N) is 1. The average molecular weight is 471 g/mol. The van der Waals surface area contributed by atoms with Crippen LogP contribution in [-0.2, 0) is 10.0 Å². The van der Waals surface area contributed by atoms with Crippen LogP contribution < -0.4 is 4.72 Å². The molecule has 0 aliphatic rings. The van der Waals surface area contributed by atoms with Crippen LogP contribution in [-0.4, -0.2) is 18.5 Å². The third-order valence-corrected chi connectivity index (χ3v) is 9.35. The van der Waals surface area contributed by atoms with Gasteiger partial charge in [-0.1, -0.05) is 54.2 Å². The van der Waals surface area contributed by atoms with E-state index in [1.807, 2.05) is 36.4 Å². The van der Waals surface area contributed by atoms with E-state index in [9.17, 15) is 13.5 Å². The molecule has 0 spiro atoms. The Balaban J connectivity index is 1.61. The highest BCUT2D eigenvalue weighted by Crippen LogP contribution is 2.44. The van der Waals surface area contributed by atoms with E-state index in [1.165, 1.54) is 23.1 Å². The Kier molecular flexibility index (Phi) is 4.90. The van der Waals surface area contributed by atoms with Gasteiger partial charge >= 0.3 is 0 Å². The van der Waals surface area contributed by atoms with E-state index in [0.29, 0.717) is 21.4 Å². The Morgan fingerprint density at radius 1 is 0.967 bits per heavy atom. The van der Waals surface area contributed by atoms with E-state index >= 15 is 0 Å². The smallest absolute Gasteiger partial charge is 0.271 e. The van der Waals surface area contributed by atoms with Crippen molar-refractivity contribution >= 4 is 71.1 Å². The Bertz CT molecular complexity index is 1440. The predicted molar refractivity (Wildman–Crippen MR) is 124 cm³/mol. The number of aromatic nitrogens is 1. The van der Waals surface area contributed by atoms with E-state index in [-0.39, 0.29) is 9.96 Å². The Morgan fingerprint density at radius 2 is 1.73 bits per heavy atom. The van der Waals surface area contributed by atoms with Gasteiger partial charge < -0.3 is 5.11 Å². The third-order valence-electron chi connectivity index (χ3n) is 4.46. The summed E-state index contributed by atoms with van der Waals surface area (Å²) in [6, 6.07) is 19.9. The minimum Gasteiger partial charge on any atom is -0.506 e. The summed E-state index contributed by atoms with van der Waals surface area (Å²) in [5.41, 5.74) is 1.31. The molecule has 0 radical (unpaired) electrons. The van der Waals surface area contributed by atoms with Crippen molar-refractivity contribution in [3.63, 3.8) is 0 Å². The lowest BCUT2D eigenvalue weighted by Crippen LogP contribution is -2.11. The van der Waals surface area contributed by atoms with Crippen LogP contribution in [0, 0.1) is 0 Å². The van der Waals surface area contributed by atoms with Crippen molar-refractivity contribution in [3.8, 4) is 5.75 Å². The highest BCUT2D eigenvalue weighted by Gasteiger charge is 2.20. The molecule has 0 aliphatic heterocycles. The number of hydrogen-bond acceptors (Lipinski definition) is 7. The zero-order valence-corrected chi connectivity index (χ0v) is 18.5. The highest BCUT2D eigenvalue weighted by atomic mass is 32.2. The number of phenols is 1. The number of para-hydroxylation sites is 1. The predicted octanol–water partition coefficient (Wildman–Crippen LogP) is 6.17. The maximum absolute atomic E-state index is 12.8. The second-order valence-corrected chi connectivity index (χ2v) is 11.6. The van der Waals surface area contributed by atoms with Gasteiger partial charge in [-0.25, -0.2) is 13.4 Å². The molecular formula is C21H14N2O3S4. The number of thiophene rings is 1. The minimum absolute atomic E-state index is 0.105.